The third-order valence-corrected chi connectivity index (χ3v) is 7.54. The van der Waals surface area contributed by atoms with E-state index in [1.54, 1.807) is 34.7 Å². The van der Waals surface area contributed by atoms with Gasteiger partial charge in [-0.25, -0.2) is 0 Å². The fourth-order valence-corrected chi connectivity index (χ4v) is 5.59. The van der Waals surface area contributed by atoms with Crippen molar-refractivity contribution >= 4 is 34.5 Å². The molecular weight excluding hydrogens is 440 g/mol. The number of nitrogens with one attached hydrogen (secondary N) is 1. The average molecular weight is 469 g/mol. The standard InChI is InChI=1S/C25H28N2O3S2/c1-30-20-10-4-7-18(15-20)24(25(29)26-19-8-2-3-9-19)27(17-22-12-6-14-32-22)23(28)16-21-11-5-13-31-21/h4-7,10-15,19,24H,2-3,8-9,16-17H2,1H3,(H,26,29). The van der Waals surface area contributed by atoms with E-state index in [1.807, 2.05) is 59.3 Å². The van der Waals surface area contributed by atoms with Gasteiger partial charge in [0.1, 0.15) is 11.8 Å². The van der Waals surface area contributed by atoms with Crippen molar-refractivity contribution in [2.45, 2.75) is 50.7 Å². The predicted octanol–water partition coefficient (Wildman–Crippen LogP) is 5.19. The Labute approximate surface area is 197 Å². The monoisotopic (exact) mass is 468 g/mol. The lowest BCUT2D eigenvalue weighted by Crippen LogP contribution is -2.46. The number of hydrogen-bond acceptors (Lipinski definition) is 5. The maximum Gasteiger partial charge on any atom is 0.247 e. The lowest BCUT2D eigenvalue weighted by molar-refractivity contribution is -0.141. The minimum Gasteiger partial charge on any atom is -0.497 e. The third-order valence-electron chi connectivity index (χ3n) is 5.80. The molecule has 0 radical (unpaired) electrons. The summed E-state index contributed by atoms with van der Waals surface area (Å²) in [4.78, 5) is 31.0. The summed E-state index contributed by atoms with van der Waals surface area (Å²) >= 11 is 3.15. The first-order chi connectivity index (χ1) is 15.6. The van der Waals surface area contributed by atoms with Crippen molar-refractivity contribution < 1.29 is 14.3 Å². The Kier molecular flexibility index (Phi) is 7.60. The summed E-state index contributed by atoms with van der Waals surface area (Å²) in [5, 5.41) is 7.19. The van der Waals surface area contributed by atoms with Gasteiger partial charge in [0.25, 0.3) is 0 Å². The van der Waals surface area contributed by atoms with E-state index in [4.69, 9.17) is 4.74 Å². The summed E-state index contributed by atoms with van der Waals surface area (Å²) in [6.45, 7) is 0.391. The molecule has 168 valence electrons. The van der Waals surface area contributed by atoms with Crippen molar-refractivity contribution in [1.29, 1.82) is 0 Å². The van der Waals surface area contributed by atoms with Crippen LogP contribution in [-0.2, 0) is 22.6 Å². The number of methoxy groups -OCH3 is 1. The second kappa shape index (κ2) is 10.8. The largest absolute Gasteiger partial charge is 0.497 e. The maximum atomic E-state index is 13.6. The number of hydrogen-bond donors (Lipinski definition) is 1. The highest BCUT2D eigenvalue weighted by atomic mass is 32.1. The normalized spacial score (nSPS) is 14.8. The predicted molar refractivity (Wildman–Crippen MR) is 129 cm³/mol. The first-order valence-corrected chi connectivity index (χ1v) is 12.7. The molecule has 2 amide bonds. The van der Waals surface area contributed by atoms with Crippen LogP contribution in [0.1, 0.15) is 47.0 Å². The van der Waals surface area contributed by atoms with Gasteiger partial charge in [0.15, 0.2) is 0 Å². The summed E-state index contributed by atoms with van der Waals surface area (Å²) in [5.74, 6) is 0.486. The van der Waals surface area contributed by atoms with Crippen molar-refractivity contribution in [2.24, 2.45) is 0 Å². The molecule has 1 fully saturated rings. The van der Waals surface area contributed by atoms with Crippen LogP contribution in [0.2, 0.25) is 0 Å². The van der Waals surface area contributed by atoms with Crippen molar-refractivity contribution in [3.63, 3.8) is 0 Å². The second-order valence-corrected chi connectivity index (χ2v) is 10.1. The molecular formula is C25H28N2O3S2. The zero-order valence-electron chi connectivity index (χ0n) is 18.2. The molecule has 2 heterocycles. The maximum absolute atomic E-state index is 13.6. The van der Waals surface area contributed by atoms with Gasteiger partial charge >= 0.3 is 0 Å². The number of ether oxygens (including phenoxy) is 1. The fraction of sp³-hybridized carbons (Fsp3) is 0.360. The first-order valence-electron chi connectivity index (χ1n) is 10.9. The van der Waals surface area contributed by atoms with Crippen LogP contribution in [-0.4, -0.2) is 29.9 Å². The van der Waals surface area contributed by atoms with Gasteiger partial charge in [0.05, 0.1) is 20.1 Å². The summed E-state index contributed by atoms with van der Waals surface area (Å²) in [5.41, 5.74) is 0.760. The molecule has 2 aromatic heterocycles. The van der Waals surface area contributed by atoms with Gasteiger partial charge in [0, 0.05) is 15.8 Å². The minimum atomic E-state index is -0.722. The van der Waals surface area contributed by atoms with Gasteiger partial charge in [-0.2, -0.15) is 0 Å². The van der Waals surface area contributed by atoms with Crippen LogP contribution in [0, 0.1) is 0 Å². The lowest BCUT2D eigenvalue weighted by Gasteiger charge is -2.32. The molecule has 3 aromatic rings. The first kappa shape index (κ1) is 22.6. The molecule has 1 unspecified atom stereocenters. The van der Waals surface area contributed by atoms with Gasteiger partial charge in [0.2, 0.25) is 11.8 Å². The topological polar surface area (TPSA) is 58.6 Å². The second-order valence-electron chi connectivity index (χ2n) is 8.03. The Morgan fingerprint density at radius 1 is 1.06 bits per heavy atom. The van der Waals surface area contributed by atoms with Gasteiger partial charge in [-0.15, -0.1) is 22.7 Å². The number of thiophene rings is 2. The minimum absolute atomic E-state index is 0.0600. The quantitative estimate of drug-likeness (QED) is 0.470. The molecule has 1 N–H and O–H groups in total. The number of amides is 2. The highest BCUT2D eigenvalue weighted by molar-refractivity contribution is 7.10. The van der Waals surface area contributed by atoms with Crippen LogP contribution >= 0.6 is 22.7 Å². The van der Waals surface area contributed by atoms with Crippen LogP contribution < -0.4 is 10.1 Å². The van der Waals surface area contributed by atoms with Crippen LogP contribution in [0.25, 0.3) is 0 Å². The Morgan fingerprint density at radius 3 is 2.44 bits per heavy atom. The molecule has 32 heavy (non-hydrogen) atoms. The molecule has 1 aliphatic rings. The smallest absolute Gasteiger partial charge is 0.247 e. The van der Waals surface area contributed by atoms with Crippen molar-refractivity contribution in [3.8, 4) is 5.75 Å². The van der Waals surface area contributed by atoms with Crippen molar-refractivity contribution in [2.75, 3.05) is 7.11 Å². The molecule has 0 aliphatic heterocycles. The molecule has 0 saturated heterocycles. The molecule has 5 nitrogen and oxygen atoms in total. The van der Waals surface area contributed by atoms with Crippen LogP contribution in [0.15, 0.2) is 59.3 Å². The van der Waals surface area contributed by atoms with Gasteiger partial charge in [-0.3, -0.25) is 9.59 Å². The molecule has 1 aliphatic carbocycles. The molecule has 0 bridgehead atoms. The van der Waals surface area contributed by atoms with Crippen LogP contribution in [0.5, 0.6) is 5.75 Å². The Hall–Kier alpha value is -2.64. The SMILES string of the molecule is COc1cccc(C(C(=O)NC2CCCC2)N(Cc2cccs2)C(=O)Cc2cccs2)c1. The molecule has 7 heteroatoms. The highest BCUT2D eigenvalue weighted by Crippen LogP contribution is 2.30. The molecule has 1 atom stereocenters. The number of carbonyl (C=O) groups is 2. The van der Waals surface area contributed by atoms with Gasteiger partial charge in [-0.05, 0) is 53.4 Å². The average Bonchev–Trinajstić information content (AvgIpc) is 3.58. The van der Waals surface area contributed by atoms with E-state index in [0.717, 1.165) is 41.0 Å². The van der Waals surface area contributed by atoms with Crippen LogP contribution in [0.3, 0.4) is 0 Å². The van der Waals surface area contributed by atoms with E-state index in [1.165, 1.54) is 0 Å². The molecule has 0 spiro atoms. The molecule has 1 aromatic carbocycles. The summed E-state index contributed by atoms with van der Waals surface area (Å²) in [7, 11) is 1.61. The Balaban J connectivity index is 1.69. The van der Waals surface area contributed by atoms with E-state index >= 15 is 0 Å². The Bertz CT molecular complexity index is 1010. The summed E-state index contributed by atoms with van der Waals surface area (Å²) in [6, 6.07) is 14.8. The zero-order chi connectivity index (χ0) is 22.3. The van der Waals surface area contributed by atoms with E-state index in [9.17, 15) is 9.59 Å². The third kappa shape index (κ3) is 5.58. The summed E-state index contributed by atoms with van der Waals surface area (Å²) < 4.78 is 5.42. The number of rotatable bonds is 9. The van der Waals surface area contributed by atoms with Gasteiger partial charge in [-0.1, -0.05) is 37.1 Å². The number of carbonyl (C=O) groups excluding carboxylic acids is 2. The number of benzene rings is 1. The molecule has 4 rings (SSSR count). The summed E-state index contributed by atoms with van der Waals surface area (Å²) in [6.07, 6.45) is 4.52. The van der Waals surface area contributed by atoms with Crippen molar-refractivity contribution in [1.82, 2.24) is 10.2 Å². The van der Waals surface area contributed by atoms with E-state index < -0.39 is 6.04 Å². The zero-order valence-corrected chi connectivity index (χ0v) is 19.8. The highest BCUT2D eigenvalue weighted by Gasteiger charge is 2.33. The fourth-order valence-electron chi connectivity index (χ4n) is 4.19. The molecule has 1 saturated carbocycles. The van der Waals surface area contributed by atoms with Gasteiger partial charge < -0.3 is 15.0 Å². The number of nitrogens with zero attached hydrogens (tertiary/aromatic N) is 1. The lowest BCUT2D eigenvalue weighted by atomic mass is 10.0. The van der Waals surface area contributed by atoms with E-state index in [2.05, 4.69) is 5.32 Å². The van der Waals surface area contributed by atoms with E-state index in [-0.39, 0.29) is 24.3 Å². The van der Waals surface area contributed by atoms with Crippen LogP contribution in [0.4, 0.5) is 0 Å². The van der Waals surface area contributed by atoms with E-state index in [0.29, 0.717) is 12.3 Å². The van der Waals surface area contributed by atoms with Crippen molar-refractivity contribution in [3.05, 3.63) is 74.6 Å². The Morgan fingerprint density at radius 2 is 1.78 bits per heavy atom.